The van der Waals surface area contributed by atoms with Gasteiger partial charge in [0.05, 0.1) is 6.10 Å². The normalized spacial score (nSPS) is 25.7. The van der Waals surface area contributed by atoms with Crippen LogP contribution in [-0.4, -0.2) is 46.6 Å². The number of ether oxygens (including phenoxy) is 2. The molecule has 2 aliphatic heterocycles. The highest BCUT2D eigenvalue weighted by atomic mass is 19.3. The molecular weight excluding hydrogens is 384 g/mol. The summed E-state index contributed by atoms with van der Waals surface area (Å²) >= 11 is 0. The second kappa shape index (κ2) is 7.27. The number of piperidine rings is 1. The topological polar surface area (TPSA) is 79.2 Å². The summed E-state index contributed by atoms with van der Waals surface area (Å²) < 4.78 is 35.3. The number of hydrogen-bond donors (Lipinski definition) is 2. The van der Waals surface area contributed by atoms with E-state index in [1.54, 1.807) is 6.07 Å². The van der Waals surface area contributed by atoms with Crippen LogP contribution in [0.1, 0.15) is 17.5 Å². The number of likely N-dealkylation sites (tertiary alicyclic amines) is 1. The van der Waals surface area contributed by atoms with Gasteiger partial charge in [-0.15, -0.1) is 8.78 Å². The molecule has 8 heteroatoms. The summed E-state index contributed by atoms with van der Waals surface area (Å²) in [6, 6.07) is 13.7. The first-order valence-corrected chi connectivity index (χ1v) is 9.34. The summed E-state index contributed by atoms with van der Waals surface area (Å²) in [5.74, 6) is -1.13. The van der Waals surface area contributed by atoms with Crippen molar-refractivity contribution in [2.45, 2.75) is 31.8 Å². The molecule has 1 fully saturated rings. The Balaban J connectivity index is 1.53. The standard InChI is InChI=1S/C21H21F2NO5/c22-21(23)28-16-7-6-15(10-17(16)29-21)12-24-9-8-18(25)20(13-24,19(26)27)11-14-4-2-1-3-5-14/h1-7,10,18,25H,8-9,11-13H2,(H,26,27)/t18-,20-/m1/s1. The number of carbonyl (C=O) groups is 1. The lowest BCUT2D eigenvalue weighted by atomic mass is 9.72. The molecule has 0 bridgehead atoms. The van der Waals surface area contributed by atoms with Crippen molar-refractivity contribution in [3.8, 4) is 11.5 Å². The molecule has 2 N–H and O–H groups in total. The zero-order valence-electron chi connectivity index (χ0n) is 15.6. The zero-order valence-corrected chi connectivity index (χ0v) is 15.6. The lowest BCUT2D eigenvalue weighted by Gasteiger charge is -2.43. The van der Waals surface area contributed by atoms with E-state index in [4.69, 9.17) is 0 Å². The van der Waals surface area contributed by atoms with Crippen LogP contribution < -0.4 is 9.47 Å². The highest BCUT2D eigenvalue weighted by molar-refractivity contribution is 5.76. The van der Waals surface area contributed by atoms with Crippen molar-refractivity contribution in [3.05, 3.63) is 59.7 Å². The van der Waals surface area contributed by atoms with Crippen molar-refractivity contribution in [1.29, 1.82) is 0 Å². The molecule has 154 valence electrons. The molecule has 29 heavy (non-hydrogen) atoms. The number of aliphatic hydroxyl groups excluding tert-OH is 1. The quantitative estimate of drug-likeness (QED) is 0.797. The molecule has 0 radical (unpaired) electrons. The number of benzene rings is 2. The predicted octanol–water partition coefficient (Wildman–Crippen LogP) is 2.89. The van der Waals surface area contributed by atoms with Crippen molar-refractivity contribution >= 4 is 5.97 Å². The predicted molar refractivity (Wildman–Crippen MR) is 98.8 cm³/mol. The average Bonchev–Trinajstić information content (AvgIpc) is 2.98. The first-order chi connectivity index (χ1) is 13.8. The minimum absolute atomic E-state index is 0.0308. The molecule has 0 unspecified atom stereocenters. The van der Waals surface area contributed by atoms with Gasteiger partial charge >= 0.3 is 12.3 Å². The second-order valence-electron chi connectivity index (χ2n) is 7.59. The Labute approximate surface area is 166 Å². The molecule has 0 spiro atoms. The highest BCUT2D eigenvalue weighted by Crippen LogP contribution is 2.42. The summed E-state index contributed by atoms with van der Waals surface area (Å²) in [5.41, 5.74) is 0.185. The monoisotopic (exact) mass is 405 g/mol. The summed E-state index contributed by atoms with van der Waals surface area (Å²) in [6.07, 6.45) is -4.15. The van der Waals surface area contributed by atoms with E-state index >= 15 is 0 Å². The fourth-order valence-corrected chi connectivity index (χ4v) is 4.07. The number of fused-ring (bicyclic) bond motifs is 1. The summed E-state index contributed by atoms with van der Waals surface area (Å²) in [6.45, 7) is 0.983. The Morgan fingerprint density at radius 3 is 2.55 bits per heavy atom. The van der Waals surface area contributed by atoms with Gasteiger partial charge in [-0.05, 0) is 36.1 Å². The third-order valence-electron chi connectivity index (χ3n) is 5.52. The van der Waals surface area contributed by atoms with Crippen LogP contribution in [0.3, 0.4) is 0 Å². The van der Waals surface area contributed by atoms with E-state index in [1.165, 1.54) is 12.1 Å². The van der Waals surface area contributed by atoms with Crippen LogP contribution in [0.15, 0.2) is 48.5 Å². The molecule has 0 aromatic heterocycles. The first-order valence-electron chi connectivity index (χ1n) is 9.34. The maximum absolute atomic E-state index is 13.2. The third-order valence-corrected chi connectivity index (χ3v) is 5.52. The Morgan fingerprint density at radius 1 is 1.10 bits per heavy atom. The van der Waals surface area contributed by atoms with E-state index in [9.17, 15) is 23.8 Å². The van der Waals surface area contributed by atoms with E-state index in [-0.39, 0.29) is 24.5 Å². The van der Waals surface area contributed by atoms with Gasteiger partial charge in [0.2, 0.25) is 0 Å². The van der Waals surface area contributed by atoms with Gasteiger partial charge in [-0.2, -0.15) is 0 Å². The minimum Gasteiger partial charge on any atom is -0.481 e. The lowest BCUT2D eigenvalue weighted by Crippen LogP contribution is -2.56. The van der Waals surface area contributed by atoms with E-state index in [2.05, 4.69) is 9.47 Å². The van der Waals surface area contributed by atoms with Gasteiger partial charge in [0.25, 0.3) is 0 Å². The van der Waals surface area contributed by atoms with Gasteiger partial charge in [-0.1, -0.05) is 36.4 Å². The van der Waals surface area contributed by atoms with Gasteiger partial charge in [0.1, 0.15) is 5.41 Å². The van der Waals surface area contributed by atoms with Crippen molar-refractivity contribution in [2.75, 3.05) is 13.1 Å². The van der Waals surface area contributed by atoms with Crippen LogP contribution in [0.2, 0.25) is 0 Å². The van der Waals surface area contributed by atoms with Gasteiger partial charge in [0, 0.05) is 19.6 Å². The summed E-state index contributed by atoms with van der Waals surface area (Å²) in [7, 11) is 0. The summed E-state index contributed by atoms with van der Waals surface area (Å²) in [4.78, 5) is 14.1. The fraction of sp³-hybridized carbons (Fsp3) is 0.381. The van der Waals surface area contributed by atoms with Crippen LogP contribution in [0.25, 0.3) is 0 Å². The number of rotatable bonds is 5. The van der Waals surface area contributed by atoms with Crippen molar-refractivity contribution < 1.29 is 33.3 Å². The Kier molecular flexibility index (Phi) is 4.92. The molecule has 0 saturated carbocycles. The van der Waals surface area contributed by atoms with E-state index in [0.29, 0.717) is 25.1 Å². The number of hydrogen-bond acceptors (Lipinski definition) is 5. The molecule has 2 heterocycles. The largest absolute Gasteiger partial charge is 0.586 e. The fourth-order valence-electron chi connectivity index (χ4n) is 4.07. The number of aliphatic carboxylic acids is 1. The number of halogens is 2. The average molecular weight is 405 g/mol. The van der Waals surface area contributed by atoms with E-state index in [1.807, 2.05) is 35.2 Å². The smallest absolute Gasteiger partial charge is 0.481 e. The SMILES string of the molecule is O=C(O)[C@]1(Cc2ccccc2)CN(Cc2ccc3c(c2)OC(F)(F)O3)CC[C@H]1O. The Bertz CT molecular complexity index is 907. The van der Waals surface area contributed by atoms with Crippen LogP contribution >= 0.6 is 0 Å². The highest BCUT2D eigenvalue weighted by Gasteiger charge is 2.49. The molecule has 2 atom stereocenters. The van der Waals surface area contributed by atoms with Crippen molar-refractivity contribution in [3.63, 3.8) is 0 Å². The summed E-state index contributed by atoms with van der Waals surface area (Å²) in [5, 5.41) is 20.6. The van der Waals surface area contributed by atoms with Crippen molar-refractivity contribution in [1.82, 2.24) is 4.90 Å². The van der Waals surface area contributed by atoms with Crippen LogP contribution in [0.5, 0.6) is 11.5 Å². The first kappa shape index (κ1) is 19.6. The maximum atomic E-state index is 13.2. The lowest BCUT2D eigenvalue weighted by molar-refractivity contribution is -0.286. The molecular formula is C21H21F2NO5. The van der Waals surface area contributed by atoms with Crippen LogP contribution in [0.4, 0.5) is 8.78 Å². The number of carboxylic acid groups (broad SMARTS) is 1. The van der Waals surface area contributed by atoms with Gasteiger partial charge in [0.15, 0.2) is 11.5 Å². The molecule has 2 aromatic rings. The van der Waals surface area contributed by atoms with Gasteiger partial charge in [-0.25, -0.2) is 0 Å². The molecule has 4 rings (SSSR count). The molecule has 0 amide bonds. The van der Waals surface area contributed by atoms with Crippen LogP contribution in [-0.2, 0) is 17.8 Å². The van der Waals surface area contributed by atoms with Gasteiger partial charge in [-0.3, -0.25) is 9.69 Å². The van der Waals surface area contributed by atoms with Gasteiger partial charge < -0.3 is 19.7 Å². The molecule has 1 saturated heterocycles. The van der Waals surface area contributed by atoms with E-state index < -0.39 is 23.8 Å². The maximum Gasteiger partial charge on any atom is 0.586 e. The number of nitrogens with zero attached hydrogens (tertiary/aromatic N) is 1. The number of alkyl halides is 2. The minimum atomic E-state index is -3.68. The van der Waals surface area contributed by atoms with E-state index in [0.717, 1.165) is 5.56 Å². The van der Waals surface area contributed by atoms with Crippen molar-refractivity contribution in [2.24, 2.45) is 5.41 Å². The zero-order chi connectivity index (χ0) is 20.6. The van der Waals surface area contributed by atoms with Crippen LogP contribution in [0, 0.1) is 5.41 Å². The molecule has 6 nitrogen and oxygen atoms in total. The number of carboxylic acids is 1. The number of aliphatic hydroxyl groups is 1. The molecule has 0 aliphatic carbocycles. The third kappa shape index (κ3) is 3.90. The molecule has 2 aliphatic rings. The Hall–Kier alpha value is -2.71. The Morgan fingerprint density at radius 2 is 1.83 bits per heavy atom. The molecule has 2 aromatic carbocycles. The second-order valence-corrected chi connectivity index (χ2v) is 7.59.